The highest BCUT2D eigenvalue weighted by molar-refractivity contribution is 5.95. The van der Waals surface area contributed by atoms with Crippen molar-refractivity contribution in [3.63, 3.8) is 0 Å². The number of nitrogens with zero attached hydrogens (tertiary/aromatic N) is 2. The minimum Gasteiger partial charge on any atom is -0.334 e. The molecule has 19 heavy (non-hydrogen) atoms. The van der Waals surface area contributed by atoms with Gasteiger partial charge in [0.15, 0.2) is 0 Å². The Bertz CT molecular complexity index is 525. The van der Waals surface area contributed by atoms with Crippen molar-refractivity contribution in [1.82, 2.24) is 10.3 Å². The van der Waals surface area contributed by atoms with Gasteiger partial charge >= 0.3 is 0 Å². The van der Waals surface area contributed by atoms with Crippen LogP contribution in [0.5, 0.6) is 0 Å². The molecule has 2 rings (SSSR count). The number of hydrogen-bond donors (Lipinski definition) is 1. The lowest BCUT2D eigenvalue weighted by atomic mass is 9.82. The smallest absolute Gasteiger partial charge is 0.254 e. The summed E-state index contributed by atoms with van der Waals surface area (Å²) in [7, 11) is 0. The molecule has 0 atom stereocenters. The summed E-state index contributed by atoms with van der Waals surface area (Å²) in [6, 6.07) is 5.90. The molecule has 1 aromatic rings. The van der Waals surface area contributed by atoms with E-state index in [4.69, 9.17) is 0 Å². The molecule has 1 heterocycles. The lowest BCUT2D eigenvalue weighted by molar-refractivity contribution is 0.0901. The van der Waals surface area contributed by atoms with Crippen LogP contribution in [0.15, 0.2) is 12.1 Å². The molecule has 1 fully saturated rings. The first-order chi connectivity index (χ1) is 9.06. The topological polar surface area (TPSA) is 65.8 Å². The third-order valence-corrected chi connectivity index (χ3v) is 3.74. The Morgan fingerprint density at radius 2 is 2.00 bits per heavy atom. The molecule has 1 aliphatic carbocycles. The Morgan fingerprint density at radius 3 is 2.58 bits per heavy atom. The maximum Gasteiger partial charge on any atom is 0.254 e. The number of nitriles is 1. The zero-order valence-electron chi connectivity index (χ0n) is 11.5. The lowest BCUT2D eigenvalue weighted by Gasteiger charge is -2.31. The van der Waals surface area contributed by atoms with Crippen LogP contribution in [-0.2, 0) is 0 Å². The summed E-state index contributed by atoms with van der Waals surface area (Å²) in [6.07, 6.45) is 4.63. The molecular weight excluding hydrogens is 238 g/mol. The van der Waals surface area contributed by atoms with Crippen LogP contribution < -0.4 is 5.32 Å². The highest BCUT2D eigenvalue weighted by Gasteiger charge is 2.34. The van der Waals surface area contributed by atoms with Crippen molar-refractivity contribution < 1.29 is 4.79 Å². The first-order valence-corrected chi connectivity index (χ1v) is 6.74. The Morgan fingerprint density at radius 1 is 1.32 bits per heavy atom. The monoisotopic (exact) mass is 257 g/mol. The fourth-order valence-electron chi connectivity index (χ4n) is 2.63. The zero-order chi connectivity index (χ0) is 13.9. The number of pyridine rings is 1. The number of rotatable bonds is 2. The summed E-state index contributed by atoms with van der Waals surface area (Å²) in [5.41, 5.74) is 1.47. The van der Waals surface area contributed by atoms with Crippen LogP contribution in [0.3, 0.4) is 0 Å². The molecule has 1 aromatic heterocycles. The van der Waals surface area contributed by atoms with E-state index in [1.165, 1.54) is 0 Å². The maximum absolute atomic E-state index is 12.3. The molecule has 1 saturated carbocycles. The summed E-state index contributed by atoms with van der Waals surface area (Å²) < 4.78 is 0. The van der Waals surface area contributed by atoms with E-state index in [1.54, 1.807) is 6.07 Å². The molecule has 1 amide bonds. The molecule has 0 unspecified atom stereocenters. The van der Waals surface area contributed by atoms with Gasteiger partial charge in [0, 0.05) is 5.69 Å². The molecule has 1 N–H and O–H groups in total. The van der Waals surface area contributed by atoms with E-state index in [-0.39, 0.29) is 5.91 Å². The Hall–Kier alpha value is -1.89. The van der Waals surface area contributed by atoms with Gasteiger partial charge in [-0.1, -0.05) is 19.3 Å². The fourth-order valence-corrected chi connectivity index (χ4v) is 2.63. The first-order valence-electron chi connectivity index (χ1n) is 6.74. The van der Waals surface area contributed by atoms with Gasteiger partial charge < -0.3 is 5.32 Å². The van der Waals surface area contributed by atoms with Crippen molar-refractivity contribution in [2.75, 3.05) is 0 Å². The lowest BCUT2D eigenvalue weighted by Crippen LogP contribution is -2.48. The summed E-state index contributed by atoms with van der Waals surface area (Å²) >= 11 is 0. The predicted molar refractivity (Wildman–Crippen MR) is 72.6 cm³/mol. The molecule has 1 aliphatic rings. The second-order valence-corrected chi connectivity index (χ2v) is 5.29. The molecule has 0 radical (unpaired) electrons. The maximum atomic E-state index is 12.3. The van der Waals surface area contributed by atoms with Crippen molar-refractivity contribution in [1.29, 1.82) is 5.26 Å². The third-order valence-electron chi connectivity index (χ3n) is 3.74. The molecule has 4 heteroatoms. The minimum absolute atomic E-state index is 0.187. The van der Waals surface area contributed by atoms with Crippen molar-refractivity contribution in [3.8, 4) is 6.07 Å². The molecule has 100 valence electrons. The first kappa shape index (κ1) is 13.5. The average Bonchev–Trinajstić information content (AvgIpc) is 2.39. The van der Waals surface area contributed by atoms with E-state index in [0.29, 0.717) is 11.3 Å². The van der Waals surface area contributed by atoms with Gasteiger partial charge in [0.05, 0.1) is 17.3 Å². The van der Waals surface area contributed by atoms with Crippen molar-refractivity contribution in [3.05, 3.63) is 29.1 Å². The van der Waals surface area contributed by atoms with Gasteiger partial charge in [-0.25, -0.2) is 0 Å². The molecule has 0 spiro atoms. The van der Waals surface area contributed by atoms with E-state index in [9.17, 15) is 10.1 Å². The highest BCUT2D eigenvalue weighted by Crippen LogP contribution is 2.28. The molecule has 0 bridgehead atoms. The van der Waals surface area contributed by atoms with Gasteiger partial charge in [-0.05, 0) is 38.8 Å². The Balaban J connectivity index is 2.18. The molecular formula is C15H19N3O. The molecule has 4 nitrogen and oxygen atoms in total. The number of carbonyl (C=O) groups excluding carboxylic acids is 1. The second kappa shape index (κ2) is 5.40. The Kier molecular flexibility index (Phi) is 3.84. The SMILES string of the molecule is Cc1ccc(C(=O)NC2(C#N)CCCCC2)c(C)n1. The van der Waals surface area contributed by atoms with Crippen LogP contribution in [0, 0.1) is 25.2 Å². The number of nitrogens with one attached hydrogen (secondary N) is 1. The zero-order valence-corrected chi connectivity index (χ0v) is 11.5. The van der Waals surface area contributed by atoms with Crippen LogP contribution in [0.25, 0.3) is 0 Å². The van der Waals surface area contributed by atoms with Crippen LogP contribution in [0.1, 0.15) is 53.8 Å². The molecule has 0 saturated heterocycles. The average molecular weight is 257 g/mol. The standard InChI is InChI=1S/C15H19N3O/c1-11-6-7-13(12(2)17-11)14(19)18-15(10-16)8-4-3-5-9-15/h6-7H,3-5,8-9H2,1-2H3,(H,18,19). The van der Waals surface area contributed by atoms with Gasteiger partial charge in [0.25, 0.3) is 5.91 Å². The van der Waals surface area contributed by atoms with Crippen LogP contribution in [0.2, 0.25) is 0 Å². The normalized spacial score (nSPS) is 17.5. The van der Waals surface area contributed by atoms with Gasteiger partial charge in [-0.3, -0.25) is 9.78 Å². The predicted octanol–water partition coefficient (Wildman–Crippen LogP) is 2.65. The van der Waals surface area contributed by atoms with E-state index >= 15 is 0 Å². The van der Waals surface area contributed by atoms with E-state index in [1.807, 2.05) is 19.9 Å². The summed E-state index contributed by atoms with van der Waals surface area (Å²) in [5.74, 6) is -0.187. The van der Waals surface area contributed by atoms with Gasteiger partial charge in [-0.2, -0.15) is 5.26 Å². The number of hydrogen-bond acceptors (Lipinski definition) is 3. The number of aryl methyl sites for hydroxylation is 2. The van der Waals surface area contributed by atoms with Gasteiger partial charge in [0.1, 0.15) is 5.54 Å². The molecule has 0 aromatic carbocycles. The largest absolute Gasteiger partial charge is 0.334 e. The summed E-state index contributed by atoms with van der Waals surface area (Å²) in [5, 5.41) is 12.3. The number of aromatic nitrogens is 1. The fraction of sp³-hybridized carbons (Fsp3) is 0.533. The second-order valence-electron chi connectivity index (χ2n) is 5.29. The number of amides is 1. The summed E-state index contributed by atoms with van der Waals surface area (Å²) in [4.78, 5) is 16.6. The van der Waals surface area contributed by atoms with Crippen LogP contribution in [-0.4, -0.2) is 16.4 Å². The molecule has 0 aliphatic heterocycles. The van der Waals surface area contributed by atoms with Crippen molar-refractivity contribution >= 4 is 5.91 Å². The van der Waals surface area contributed by atoms with Crippen molar-refractivity contribution in [2.45, 2.75) is 51.5 Å². The van der Waals surface area contributed by atoms with E-state index in [2.05, 4.69) is 16.4 Å². The van der Waals surface area contributed by atoms with Crippen molar-refractivity contribution in [2.24, 2.45) is 0 Å². The third kappa shape index (κ3) is 2.93. The Labute approximate surface area is 113 Å². The van der Waals surface area contributed by atoms with Gasteiger partial charge in [0.2, 0.25) is 0 Å². The van der Waals surface area contributed by atoms with Gasteiger partial charge in [-0.15, -0.1) is 0 Å². The highest BCUT2D eigenvalue weighted by atomic mass is 16.1. The van der Waals surface area contributed by atoms with E-state index < -0.39 is 5.54 Å². The van der Waals surface area contributed by atoms with Crippen LogP contribution in [0.4, 0.5) is 0 Å². The number of carbonyl (C=O) groups is 1. The van der Waals surface area contributed by atoms with Crippen LogP contribution >= 0.6 is 0 Å². The van der Waals surface area contributed by atoms with E-state index in [0.717, 1.165) is 37.8 Å². The minimum atomic E-state index is -0.688. The summed E-state index contributed by atoms with van der Waals surface area (Å²) in [6.45, 7) is 3.72. The quantitative estimate of drug-likeness (QED) is 0.885.